The molecule has 0 saturated carbocycles. The largest absolute Gasteiger partial charge is 0.310 e. The van der Waals surface area contributed by atoms with Gasteiger partial charge in [-0.1, -0.05) is 36.2 Å². The smallest absolute Gasteiger partial charge is 0.0453 e. The number of hydrogen-bond acceptors (Lipinski definition) is 2. The van der Waals surface area contributed by atoms with Gasteiger partial charge in [-0.15, -0.1) is 0 Å². The average Bonchev–Trinajstić information content (AvgIpc) is 2.41. The van der Waals surface area contributed by atoms with Gasteiger partial charge in [-0.2, -0.15) is 0 Å². The lowest BCUT2D eigenvalue weighted by Gasteiger charge is -2.32. The van der Waals surface area contributed by atoms with E-state index in [0.29, 0.717) is 6.04 Å². The second-order valence-electron chi connectivity index (χ2n) is 5.62. The van der Waals surface area contributed by atoms with Crippen LogP contribution in [0.1, 0.15) is 44.2 Å². The fourth-order valence-corrected chi connectivity index (χ4v) is 3.21. The Bertz CT molecular complexity index is 394. The standard InChI is InChI=1S/C16H25ClN2/c1-13(15-8-3-4-9-16(15)17)18-11-10-14-7-5-6-12-19(14)2/h3-4,8-9,13-14,18H,5-7,10-12H2,1-2H3/t13-,14?/m1/s1. The molecule has 0 spiro atoms. The quantitative estimate of drug-likeness (QED) is 0.881. The zero-order valence-electron chi connectivity index (χ0n) is 12.0. The maximum Gasteiger partial charge on any atom is 0.0453 e. The minimum atomic E-state index is 0.322. The summed E-state index contributed by atoms with van der Waals surface area (Å²) in [5, 5.41) is 4.46. The number of piperidine rings is 1. The monoisotopic (exact) mass is 280 g/mol. The van der Waals surface area contributed by atoms with Crippen molar-refractivity contribution in [2.24, 2.45) is 0 Å². The molecule has 2 atom stereocenters. The Kier molecular flexibility index (Phi) is 5.68. The van der Waals surface area contributed by atoms with Crippen LogP contribution in [0.2, 0.25) is 5.02 Å². The molecule has 2 rings (SSSR count). The lowest BCUT2D eigenvalue weighted by molar-refractivity contribution is 0.174. The number of rotatable bonds is 5. The van der Waals surface area contributed by atoms with E-state index in [0.717, 1.165) is 17.6 Å². The maximum atomic E-state index is 6.22. The first-order chi connectivity index (χ1) is 9.18. The summed E-state index contributed by atoms with van der Waals surface area (Å²) in [4.78, 5) is 2.51. The van der Waals surface area contributed by atoms with Gasteiger partial charge in [-0.05, 0) is 58.0 Å². The lowest BCUT2D eigenvalue weighted by atomic mass is 10.00. The number of halogens is 1. The van der Waals surface area contributed by atoms with Gasteiger partial charge in [0.15, 0.2) is 0 Å². The molecule has 3 heteroatoms. The van der Waals surface area contributed by atoms with Gasteiger partial charge in [0.05, 0.1) is 0 Å². The number of hydrogen-bond donors (Lipinski definition) is 1. The van der Waals surface area contributed by atoms with E-state index in [-0.39, 0.29) is 0 Å². The summed E-state index contributed by atoms with van der Waals surface area (Å²) in [7, 11) is 2.25. The van der Waals surface area contributed by atoms with Crippen molar-refractivity contribution in [3.05, 3.63) is 34.9 Å². The Morgan fingerprint density at radius 2 is 2.16 bits per heavy atom. The molecule has 1 fully saturated rings. The Labute approximate surface area is 122 Å². The van der Waals surface area contributed by atoms with E-state index < -0.39 is 0 Å². The molecule has 1 unspecified atom stereocenters. The van der Waals surface area contributed by atoms with Crippen LogP contribution in [-0.4, -0.2) is 31.1 Å². The summed E-state index contributed by atoms with van der Waals surface area (Å²) in [6.07, 6.45) is 5.31. The van der Waals surface area contributed by atoms with Crippen LogP contribution in [0.3, 0.4) is 0 Å². The SMILES string of the molecule is C[C@@H](NCCC1CCCCN1C)c1ccccc1Cl. The molecule has 1 aromatic carbocycles. The van der Waals surface area contributed by atoms with Crippen LogP contribution >= 0.6 is 11.6 Å². The lowest BCUT2D eigenvalue weighted by Crippen LogP contribution is -2.38. The van der Waals surface area contributed by atoms with Crippen molar-refractivity contribution in [1.29, 1.82) is 0 Å². The fourth-order valence-electron chi connectivity index (χ4n) is 2.91. The van der Waals surface area contributed by atoms with Gasteiger partial charge in [0.2, 0.25) is 0 Å². The van der Waals surface area contributed by atoms with Crippen molar-refractivity contribution in [1.82, 2.24) is 10.2 Å². The first-order valence-corrected chi connectivity index (χ1v) is 7.74. The van der Waals surface area contributed by atoms with Gasteiger partial charge in [0.1, 0.15) is 0 Å². The van der Waals surface area contributed by atoms with E-state index >= 15 is 0 Å². The van der Waals surface area contributed by atoms with Crippen molar-refractivity contribution >= 4 is 11.6 Å². The third-order valence-electron chi connectivity index (χ3n) is 4.22. The second-order valence-corrected chi connectivity index (χ2v) is 6.02. The molecule has 1 heterocycles. The number of benzene rings is 1. The van der Waals surface area contributed by atoms with E-state index in [1.807, 2.05) is 18.2 Å². The van der Waals surface area contributed by atoms with Crippen LogP contribution in [0, 0.1) is 0 Å². The summed E-state index contributed by atoms with van der Waals surface area (Å²) < 4.78 is 0. The molecule has 0 amide bonds. The summed E-state index contributed by atoms with van der Waals surface area (Å²) in [6.45, 7) is 4.50. The van der Waals surface area contributed by atoms with Crippen LogP contribution in [0.15, 0.2) is 24.3 Å². The number of nitrogens with one attached hydrogen (secondary N) is 1. The van der Waals surface area contributed by atoms with Crippen LogP contribution in [0.4, 0.5) is 0 Å². The summed E-state index contributed by atoms with van der Waals surface area (Å²) in [5.74, 6) is 0. The second kappa shape index (κ2) is 7.28. The molecule has 0 aromatic heterocycles. The first kappa shape index (κ1) is 14.8. The van der Waals surface area contributed by atoms with Crippen LogP contribution in [-0.2, 0) is 0 Å². The summed E-state index contributed by atoms with van der Waals surface area (Å²) in [6, 6.07) is 9.17. The van der Waals surface area contributed by atoms with Crippen molar-refractivity contribution in [3.8, 4) is 0 Å². The molecule has 106 valence electrons. The topological polar surface area (TPSA) is 15.3 Å². The highest BCUT2D eigenvalue weighted by molar-refractivity contribution is 6.31. The maximum absolute atomic E-state index is 6.22. The molecular formula is C16H25ClN2. The Hall–Kier alpha value is -0.570. The predicted octanol–water partition coefficient (Wildman–Crippen LogP) is 3.87. The third kappa shape index (κ3) is 4.20. The number of likely N-dealkylation sites (tertiary alicyclic amines) is 1. The van der Waals surface area contributed by atoms with Crippen LogP contribution in [0.5, 0.6) is 0 Å². The van der Waals surface area contributed by atoms with Gasteiger partial charge in [0, 0.05) is 17.1 Å². The molecular weight excluding hydrogens is 256 g/mol. The highest BCUT2D eigenvalue weighted by Crippen LogP contribution is 2.22. The molecule has 1 aromatic rings. The highest BCUT2D eigenvalue weighted by atomic mass is 35.5. The zero-order chi connectivity index (χ0) is 13.7. The van der Waals surface area contributed by atoms with Gasteiger partial charge in [-0.25, -0.2) is 0 Å². The van der Waals surface area contributed by atoms with E-state index in [1.165, 1.54) is 37.8 Å². The minimum Gasteiger partial charge on any atom is -0.310 e. The van der Waals surface area contributed by atoms with Gasteiger partial charge >= 0.3 is 0 Å². The van der Waals surface area contributed by atoms with E-state index in [4.69, 9.17) is 11.6 Å². The van der Waals surface area contributed by atoms with E-state index in [2.05, 4.69) is 30.3 Å². The summed E-state index contributed by atoms with van der Waals surface area (Å²) >= 11 is 6.22. The first-order valence-electron chi connectivity index (χ1n) is 7.36. The Balaban J connectivity index is 1.77. The summed E-state index contributed by atoms with van der Waals surface area (Å²) in [5.41, 5.74) is 1.20. The predicted molar refractivity (Wildman–Crippen MR) is 82.8 cm³/mol. The molecule has 1 aliphatic rings. The average molecular weight is 281 g/mol. The van der Waals surface area contributed by atoms with Crippen molar-refractivity contribution < 1.29 is 0 Å². The molecule has 1 aliphatic heterocycles. The van der Waals surface area contributed by atoms with Crippen LogP contribution < -0.4 is 5.32 Å². The molecule has 1 N–H and O–H groups in total. The fraction of sp³-hybridized carbons (Fsp3) is 0.625. The van der Waals surface area contributed by atoms with Crippen molar-refractivity contribution in [2.75, 3.05) is 20.1 Å². The normalized spacial score (nSPS) is 22.4. The van der Waals surface area contributed by atoms with Gasteiger partial charge in [-0.3, -0.25) is 0 Å². The number of nitrogens with zero attached hydrogens (tertiary/aromatic N) is 1. The van der Waals surface area contributed by atoms with Crippen molar-refractivity contribution in [2.45, 2.75) is 44.7 Å². The molecule has 0 radical (unpaired) electrons. The minimum absolute atomic E-state index is 0.322. The van der Waals surface area contributed by atoms with Gasteiger partial charge < -0.3 is 10.2 Å². The zero-order valence-corrected chi connectivity index (χ0v) is 12.8. The van der Waals surface area contributed by atoms with Gasteiger partial charge in [0.25, 0.3) is 0 Å². The molecule has 2 nitrogen and oxygen atoms in total. The molecule has 1 saturated heterocycles. The third-order valence-corrected chi connectivity index (χ3v) is 4.57. The van der Waals surface area contributed by atoms with Crippen molar-refractivity contribution in [3.63, 3.8) is 0 Å². The molecule has 0 bridgehead atoms. The molecule has 0 aliphatic carbocycles. The molecule has 19 heavy (non-hydrogen) atoms. The van der Waals surface area contributed by atoms with E-state index in [1.54, 1.807) is 0 Å². The Morgan fingerprint density at radius 3 is 2.89 bits per heavy atom. The van der Waals surface area contributed by atoms with Crippen LogP contribution in [0.25, 0.3) is 0 Å². The Morgan fingerprint density at radius 1 is 1.37 bits per heavy atom. The van der Waals surface area contributed by atoms with E-state index in [9.17, 15) is 0 Å². The highest BCUT2D eigenvalue weighted by Gasteiger charge is 2.18.